The van der Waals surface area contributed by atoms with E-state index >= 15 is 0 Å². The average molecular weight is 178 g/mol. The maximum Gasteiger partial charge on any atom is 0.271 e. The van der Waals surface area contributed by atoms with E-state index in [-0.39, 0.29) is 5.56 Å². The molecule has 1 aromatic heterocycles. The number of methoxy groups -OCH3 is 1. The lowest BCUT2D eigenvalue weighted by molar-refractivity contribution is 0.415. The Morgan fingerprint density at radius 2 is 2.23 bits per heavy atom. The number of benzene rings is 1. The molecular formula is C9H10N2O2. The van der Waals surface area contributed by atoms with Gasteiger partial charge >= 0.3 is 0 Å². The molecule has 0 amide bonds. The summed E-state index contributed by atoms with van der Waals surface area (Å²) in [6.07, 6.45) is 0. The van der Waals surface area contributed by atoms with E-state index in [4.69, 9.17) is 4.74 Å². The van der Waals surface area contributed by atoms with Crippen molar-refractivity contribution in [2.75, 3.05) is 7.11 Å². The van der Waals surface area contributed by atoms with Crippen LogP contribution in [0.1, 0.15) is 0 Å². The lowest BCUT2D eigenvalue weighted by atomic mass is 10.2. The molecule has 0 radical (unpaired) electrons. The lowest BCUT2D eigenvalue weighted by Gasteiger charge is -1.99. The summed E-state index contributed by atoms with van der Waals surface area (Å²) in [6.45, 7) is 0. The topological polar surface area (TPSA) is 47.0 Å². The summed E-state index contributed by atoms with van der Waals surface area (Å²) < 4.78 is 6.74. The minimum Gasteiger partial charge on any atom is -0.497 e. The van der Waals surface area contributed by atoms with Crippen LogP contribution in [-0.4, -0.2) is 16.9 Å². The van der Waals surface area contributed by atoms with Crippen molar-refractivity contribution in [3.8, 4) is 5.75 Å². The zero-order valence-corrected chi connectivity index (χ0v) is 7.50. The molecule has 13 heavy (non-hydrogen) atoms. The quantitative estimate of drug-likeness (QED) is 0.704. The van der Waals surface area contributed by atoms with Gasteiger partial charge in [0.2, 0.25) is 0 Å². The molecule has 2 rings (SSSR count). The molecule has 1 heterocycles. The Labute approximate surface area is 74.7 Å². The van der Waals surface area contributed by atoms with Crippen molar-refractivity contribution in [2.45, 2.75) is 0 Å². The van der Waals surface area contributed by atoms with Crippen LogP contribution in [0.25, 0.3) is 10.9 Å². The van der Waals surface area contributed by atoms with Gasteiger partial charge in [-0.2, -0.15) is 0 Å². The first-order valence-electron chi connectivity index (χ1n) is 3.95. The number of ether oxygens (including phenoxy) is 1. The van der Waals surface area contributed by atoms with E-state index in [2.05, 4.69) is 5.10 Å². The summed E-state index contributed by atoms with van der Waals surface area (Å²) in [5.74, 6) is 0.752. The van der Waals surface area contributed by atoms with E-state index in [1.807, 2.05) is 6.07 Å². The molecule has 0 saturated heterocycles. The second-order valence-electron chi connectivity index (χ2n) is 2.88. The molecule has 0 atom stereocenters. The predicted octanol–water partition coefficient (Wildman–Crippen LogP) is 0.875. The summed E-state index contributed by atoms with van der Waals surface area (Å²) in [7, 11) is 3.40. The van der Waals surface area contributed by atoms with Gasteiger partial charge in [0.05, 0.1) is 18.0 Å². The third kappa shape index (κ3) is 1.11. The molecule has 0 bridgehead atoms. The van der Waals surface area contributed by atoms with Crippen molar-refractivity contribution in [1.29, 1.82) is 0 Å². The Morgan fingerprint density at radius 3 is 2.92 bits per heavy atom. The van der Waals surface area contributed by atoms with Gasteiger partial charge in [-0.15, -0.1) is 0 Å². The summed E-state index contributed by atoms with van der Waals surface area (Å²) in [4.78, 5) is 11.3. The first-order valence-corrected chi connectivity index (χ1v) is 3.95. The standard InChI is InChI=1S/C9H10N2O2/c1-11-8-5-6(13-2)3-4-7(8)9(12)10-11/h3-5H,1-2H3,(H,10,12). The number of aromatic amines is 1. The molecule has 0 fully saturated rings. The number of hydrogen-bond donors (Lipinski definition) is 1. The molecule has 0 spiro atoms. The van der Waals surface area contributed by atoms with Crippen LogP contribution in [0.4, 0.5) is 0 Å². The van der Waals surface area contributed by atoms with Crippen LogP contribution in [0.5, 0.6) is 5.75 Å². The monoisotopic (exact) mass is 178 g/mol. The lowest BCUT2D eigenvalue weighted by Crippen LogP contribution is -2.01. The highest BCUT2D eigenvalue weighted by molar-refractivity contribution is 5.79. The van der Waals surface area contributed by atoms with E-state index in [1.54, 1.807) is 31.0 Å². The fourth-order valence-electron chi connectivity index (χ4n) is 1.38. The van der Waals surface area contributed by atoms with Gasteiger partial charge in [0.15, 0.2) is 0 Å². The Kier molecular flexibility index (Phi) is 1.62. The van der Waals surface area contributed by atoms with E-state index in [9.17, 15) is 4.79 Å². The van der Waals surface area contributed by atoms with Gasteiger partial charge in [-0.1, -0.05) is 0 Å². The molecule has 4 nitrogen and oxygen atoms in total. The van der Waals surface area contributed by atoms with Crippen LogP contribution in [0, 0.1) is 0 Å². The molecule has 4 heteroatoms. The molecule has 0 aliphatic heterocycles. The summed E-state index contributed by atoms with van der Waals surface area (Å²) in [5, 5.41) is 3.36. The van der Waals surface area contributed by atoms with Crippen LogP contribution < -0.4 is 10.3 Å². The minimum absolute atomic E-state index is 0.0693. The third-order valence-corrected chi connectivity index (χ3v) is 2.08. The second kappa shape index (κ2) is 2.65. The molecule has 0 aliphatic rings. The number of hydrogen-bond acceptors (Lipinski definition) is 2. The fraction of sp³-hybridized carbons (Fsp3) is 0.222. The molecular weight excluding hydrogens is 168 g/mol. The van der Waals surface area contributed by atoms with Crippen molar-refractivity contribution in [3.05, 3.63) is 28.6 Å². The van der Waals surface area contributed by atoms with Gasteiger partial charge in [0.25, 0.3) is 5.56 Å². The Hall–Kier alpha value is -1.71. The highest BCUT2D eigenvalue weighted by Gasteiger charge is 2.03. The van der Waals surface area contributed by atoms with Gasteiger partial charge in [-0.05, 0) is 12.1 Å². The number of nitrogens with one attached hydrogen (secondary N) is 1. The fourth-order valence-corrected chi connectivity index (χ4v) is 1.38. The molecule has 1 N–H and O–H groups in total. The number of rotatable bonds is 1. The number of aromatic nitrogens is 2. The zero-order valence-electron chi connectivity index (χ0n) is 7.50. The maximum atomic E-state index is 11.3. The smallest absolute Gasteiger partial charge is 0.271 e. The maximum absolute atomic E-state index is 11.3. The second-order valence-corrected chi connectivity index (χ2v) is 2.88. The first kappa shape index (κ1) is 7.91. The van der Waals surface area contributed by atoms with E-state index in [0.717, 1.165) is 11.3 Å². The van der Waals surface area contributed by atoms with E-state index in [1.165, 1.54) is 0 Å². The van der Waals surface area contributed by atoms with Crippen molar-refractivity contribution in [3.63, 3.8) is 0 Å². The van der Waals surface area contributed by atoms with Crippen LogP contribution in [0.2, 0.25) is 0 Å². The largest absolute Gasteiger partial charge is 0.497 e. The van der Waals surface area contributed by atoms with Gasteiger partial charge in [-0.3, -0.25) is 14.6 Å². The first-order chi connectivity index (χ1) is 6.22. The summed E-state index contributed by atoms with van der Waals surface area (Å²) >= 11 is 0. The van der Waals surface area contributed by atoms with Gasteiger partial charge in [0.1, 0.15) is 5.75 Å². The van der Waals surface area contributed by atoms with Gasteiger partial charge < -0.3 is 4.74 Å². The number of nitrogens with zero attached hydrogens (tertiary/aromatic N) is 1. The van der Waals surface area contributed by atoms with Crippen molar-refractivity contribution in [1.82, 2.24) is 9.78 Å². The SMILES string of the molecule is COc1ccc2c(=O)[nH]n(C)c2c1. The number of fused-ring (bicyclic) bond motifs is 1. The Morgan fingerprint density at radius 1 is 1.46 bits per heavy atom. The zero-order chi connectivity index (χ0) is 9.42. The third-order valence-electron chi connectivity index (χ3n) is 2.08. The Balaban J connectivity index is 2.84. The molecule has 0 saturated carbocycles. The molecule has 2 aromatic rings. The Bertz CT molecular complexity index is 496. The van der Waals surface area contributed by atoms with Crippen LogP contribution in [0.3, 0.4) is 0 Å². The molecule has 1 aromatic carbocycles. The van der Waals surface area contributed by atoms with Crippen molar-refractivity contribution < 1.29 is 4.74 Å². The van der Waals surface area contributed by atoms with Crippen molar-refractivity contribution >= 4 is 10.9 Å². The normalized spacial score (nSPS) is 10.6. The number of aryl methyl sites for hydroxylation is 1. The van der Waals surface area contributed by atoms with Crippen LogP contribution in [0.15, 0.2) is 23.0 Å². The van der Waals surface area contributed by atoms with Crippen molar-refractivity contribution in [2.24, 2.45) is 7.05 Å². The van der Waals surface area contributed by atoms with Gasteiger partial charge in [-0.25, -0.2) is 0 Å². The number of H-pyrrole nitrogens is 1. The van der Waals surface area contributed by atoms with E-state index < -0.39 is 0 Å². The molecule has 0 unspecified atom stereocenters. The summed E-state index contributed by atoms with van der Waals surface area (Å²) in [6, 6.07) is 5.36. The average Bonchev–Trinajstić information content (AvgIpc) is 2.42. The predicted molar refractivity (Wildman–Crippen MR) is 50.1 cm³/mol. The highest BCUT2D eigenvalue weighted by Crippen LogP contribution is 2.16. The molecule has 0 aliphatic carbocycles. The minimum atomic E-state index is -0.0693. The molecule has 68 valence electrons. The van der Waals surface area contributed by atoms with E-state index in [0.29, 0.717) is 5.39 Å². The summed E-state index contributed by atoms with van der Waals surface area (Å²) in [5.41, 5.74) is 0.782. The van der Waals surface area contributed by atoms with Crippen LogP contribution >= 0.6 is 0 Å². The van der Waals surface area contributed by atoms with Gasteiger partial charge in [0, 0.05) is 13.1 Å². The van der Waals surface area contributed by atoms with Crippen LogP contribution in [-0.2, 0) is 7.05 Å². The highest BCUT2D eigenvalue weighted by atomic mass is 16.5.